The smallest absolute Gasteiger partial charge is 0.382 e. The van der Waals surface area contributed by atoms with Crippen molar-refractivity contribution in [2.24, 2.45) is 0 Å². The molecule has 1 saturated heterocycles. The normalized spacial score (nSPS) is 14.9. The molecule has 1 aliphatic heterocycles. The summed E-state index contributed by atoms with van der Waals surface area (Å²) in [5.74, 6) is 5.98. The number of halogens is 3. The number of piperidine rings is 1. The Bertz CT molecular complexity index is 1270. The molecule has 4 rings (SSSR count). The summed E-state index contributed by atoms with van der Waals surface area (Å²) in [6, 6.07) is 11.5. The molecule has 0 atom stereocenters. The summed E-state index contributed by atoms with van der Waals surface area (Å²) in [4.78, 5) is 5.28. The minimum Gasteiger partial charge on any atom is -0.382 e. The molecule has 2 aromatic heterocycles. The molecule has 5 nitrogen and oxygen atoms in total. The van der Waals surface area contributed by atoms with E-state index >= 15 is 0 Å². The predicted molar refractivity (Wildman–Crippen MR) is 145 cm³/mol. The van der Waals surface area contributed by atoms with Crippen LogP contribution >= 0.6 is 11.3 Å². The van der Waals surface area contributed by atoms with E-state index in [1.54, 1.807) is 29.5 Å². The maximum absolute atomic E-state index is 13.5. The topological polar surface area (TPSA) is 35.5 Å². The highest BCUT2D eigenvalue weighted by Gasteiger charge is 2.30. The zero-order valence-corrected chi connectivity index (χ0v) is 21.7. The largest absolute Gasteiger partial charge is 0.406 e. The summed E-state index contributed by atoms with van der Waals surface area (Å²) in [5, 5.41) is 8.50. The van der Waals surface area contributed by atoms with Gasteiger partial charge in [-0.1, -0.05) is 18.6 Å². The van der Waals surface area contributed by atoms with Gasteiger partial charge < -0.3 is 25.0 Å². The van der Waals surface area contributed by atoms with E-state index in [4.69, 9.17) is 0 Å². The fraction of sp³-hybridized carbons (Fsp3) is 0.407. The molecule has 36 heavy (non-hydrogen) atoms. The number of aromatic nitrogens is 1. The van der Waals surface area contributed by atoms with Gasteiger partial charge in [-0.05, 0) is 69.2 Å². The number of alkyl halides is 3. The third-order valence-electron chi connectivity index (χ3n) is 6.36. The summed E-state index contributed by atoms with van der Waals surface area (Å²) in [6.07, 6.45) is -2.35. The summed E-state index contributed by atoms with van der Waals surface area (Å²) in [6.45, 7) is 5.31. The first kappa shape index (κ1) is 26.0. The molecule has 1 aliphatic rings. The highest BCUT2D eigenvalue weighted by molar-refractivity contribution is 7.17. The van der Waals surface area contributed by atoms with Crippen LogP contribution in [0, 0.1) is 11.8 Å². The molecule has 0 saturated carbocycles. The van der Waals surface area contributed by atoms with Crippen LogP contribution in [0.15, 0.2) is 43.0 Å². The first-order valence-electron chi connectivity index (χ1n) is 11.9. The van der Waals surface area contributed by atoms with E-state index < -0.39 is 12.7 Å². The molecular formula is C27H32F3N5S. The molecular weight excluding hydrogens is 483 g/mol. The maximum atomic E-state index is 13.5. The number of fused-ring (bicyclic) bond motifs is 1. The summed E-state index contributed by atoms with van der Waals surface area (Å²) >= 11 is 1.56. The first-order chi connectivity index (χ1) is 17.1. The van der Waals surface area contributed by atoms with Crippen molar-refractivity contribution in [1.29, 1.82) is 0 Å². The number of rotatable bonds is 7. The Hall–Kier alpha value is -3.09. The molecule has 1 aromatic carbocycles. The van der Waals surface area contributed by atoms with Gasteiger partial charge in [0.25, 0.3) is 0 Å². The number of nitrogens with zero attached hydrogens (tertiary/aromatic N) is 3. The number of benzene rings is 1. The molecule has 9 heteroatoms. The Morgan fingerprint density at radius 1 is 1.19 bits per heavy atom. The molecule has 3 heterocycles. The van der Waals surface area contributed by atoms with E-state index in [0.29, 0.717) is 23.8 Å². The average Bonchev–Trinajstić information content (AvgIpc) is 3.42. The van der Waals surface area contributed by atoms with Crippen LogP contribution in [0.5, 0.6) is 0 Å². The van der Waals surface area contributed by atoms with Gasteiger partial charge in [0, 0.05) is 36.9 Å². The van der Waals surface area contributed by atoms with Crippen molar-refractivity contribution in [2.45, 2.75) is 31.6 Å². The molecule has 0 spiro atoms. The molecule has 0 radical (unpaired) electrons. The van der Waals surface area contributed by atoms with Gasteiger partial charge >= 0.3 is 6.18 Å². The van der Waals surface area contributed by atoms with Gasteiger partial charge in [-0.2, -0.15) is 13.2 Å². The molecule has 1 fully saturated rings. The van der Waals surface area contributed by atoms with Gasteiger partial charge in [-0.3, -0.25) is 0 Å². The lowest BCUT2D eigenvalue weighted by atomic mass is 10.0. The van der Waals surface area contributed by atoms with Gasteiger partial charge in [0.1, 0.15) is 6.54 Å². The Morgan fingerprint density at radius 3 is 2.64 bits per heavy atom. The molecule has 0 aliphatic carbocycles. The van der Waals surface area contributed by atoms with Gasteiger partial charge in [0.2, 0.25) is 0 Å². The summed E-state index contributed by atoms with van der Waals surface area (Å²) in [7, 11) is 5.98. The van der Waals surface area contributed by atoms with Gasteiger partial charge in [-0.25, -0.2) is 0 Å². The number of hydrogen-bond donors (Lipinski definition) is 2. The molecule has 192 valence electrons. The van der Waals surface area contributed by atoms with Crippen LogP contribution in [0.4, 0.5) is 23.9 Å². The lowest BCUT2D eigenvalue weighted by Crippen LogP contribution is -2.36. The number of nitrogens with one attached hydrogen (secondary N) is 2. The maximum Gasteiger partial charge on any atom is 0.406 e. The minimum absolute atomic E-state index is 0.302. The number of hydrogen-bond acceptors (Lipinski definition) is 5. The molecule has 3 aromatic rings. The molecule has 0 amide bonds. The zero-order chi connectivity index (χ0) is 25.9. The van der Waals surface area contributed by atoms with Crippen molar-refractivity contribution in [3.63, 3.8) is 0 Å². The van der Waals surface area contributed by atoms with Crippen molar-refractivity contribution in [2.75, 3.05) is 51.4 Å². The van der Waals surface area contributed by atoms with E-state index in [0.717, 1.165) is 52.6 Å². The minimum atomic E-state index is -4.35. The summed E-state index contributed by atoms with van der Waals surface area (Å²) in [5.41, 5.74) is 2.67. The van der Waals surface area contributed by atoms with E-state index in [2.05, 4.69) is 41.0 Å². The fourth-order valence-electron chi connectivity index (χ4n) is 4.31. The second-order valence-corrected chi connectivity index (χ2v) is 10.4. The van der Waals surface area contributed by atoms with Gasteiger partial charge in [0.15, 0.2) is 0 Å². The Balaban J connectivity index is 1.55. The SMILES string of the molecule is C=C(c1ccc(NCC#Cc2cc3c(NC4CCN(C)CC4)cccc3n2CC(F)(F)F)s1)N(C)C. The van der Waals surface area contributed by atoms with Crippen molar-refractivity contribution in [3.05, 3.63) is 53.5 Å². The second-order valence-electron chi connectivity index (χ2n) is 9.35. The van der Waals surface area contributed by atoms with Crippen LogP contribution in [-0.2, 0) is 6.54 Å². The van der Waals surface area contributed by atoms with Crippen molar-refractivity contribution < 1.29 is 13.2 Å². The van der Waals surface area contributed by atoms with E-state index in [9.17, 15) is 13.2 Å². The Morgan fingerprint density at radius 2 is 1.94 bits per heavy atom. The van der Waals surface area contributed by atoms with Crippen molar-refractivity contribution in [1.82, 2.24) is 14.4 Å². The monoisotopic (exact) mass is 515 g/mol. The van der Waals surface area contributed by atoms with E-state index in [1.807, 2.05) is 37.2 Å². The fourth-order valence-corrected chi connectivity index (χ4v) is 5.26. The third kappa shape index (κ3) is 6.37. The third-order valence-corrected chi connectivity index (χ3v) is 7.45. The highest BCUT2D eigenvalue weighted by atomic mass is 32.1. The van der Waals surface area contributed by atoms with Crippen molar-refractivity contribution in [3.8, 4) is 11.8 Å². The standard InChI is InChI=1S/C27H32F3N5S/c1-19(33(2)3)25-10-11-26(36-25)31-14-6-7-21-17-22-23(32-20-12-15-34(4)16-13-20)8-5-9-24(22)35(21)18-27(28,29)30/h5,8-11,17,20,31-32H,1,12-16,18H2,2-4H3. The number of thiophene rings is 1. The first-order valence-corrected chi connectivity index (χ1v) is 12.8. The van der Waals surface area contributed by atoms with Crippen LogP contribution in [0.25, 0.3) is 16.6 Å². The summed E-state index contributed by atoms with van der Waals surface area (Å²) < 4.78 is 41.7. The Kier molecular flexibility index (Phi) is 7.86. The van der Waals surface area contributed by atoms with Crippen LogP contribution in [0.1, 0.15) is 23.4 Å². The van der Waals surface area contributed by atoms with E-state index in [1.165, 1.54) is 4.57 Å². The van der Waals surface area contributed by atoms with Crippen molar-refractivity contribution >= 4 is 38.6 Å². The predicted octanol–water partition coefficient (Wildman–Crippen LogP) is 5.77. The van der Waals surface area contributed by atoms with Crippen LogP contribution in [-0.4, -0.2) is 67.4 Å². The lowest BCUT2D eigenvalue weighted by molar-refractivity contribution is -0.140. The second kappa shape index (κ2) is 10.9. The quantitative estimate of drug-likeness (QED) is 0.392. The van der Waals surface area contributed by atoms with Crippen LogP contribution in [0.2, 0.25) is 0 Å². The Labute approximate surface area is 214 Å². The molecule has 0 unspecified atom stereocenters. The van der Waals surface area contributed by atoms with Gasteiger partial charge in [-0.15, -0.1) is 11.3 Å². The lowest BCUT2D eigenvalue weighted by Gasteiger charge is -2.30. The average molecular weight is 516 g/mol. The van der Waals surface area contributed by atoms with Crippen LogP contribution in [0.3, 0.4) is 0 Å². The molecule has 2 N–H and O–H groups in total. The zero-order valence-electron chi connectivity index (χ0n) is 20.9. The highest BCUT2D eigenvalue weighted by Crippen LogP contribution is 2.31. The number of likely N-dealkylation sites (tertiary alicyclic amines) is 1. The van der Waals surface area contributed by atoms with E-state index in [-0.39, 0.29) is 0 Å². The molecule has 0 bridgehead atoms. The number of anilines is 2. The van der Waals surface area contributed by atoms with Crippen LogP contribution < -0.4 is 10.6 Å². The van der Waals surface area contributed by atoms with Gasteiger partial charge in [0.05, 0.1) is 27.6 Å².